The highest BCUT2D eigenvalue weighted by Crippen LogP contribution is 2.29. The van der Waals surface area contributed by atoms with Gasteiger partial charge in [0.05, 0.1) is 10.7 Å². The van der Waals surface area contributed by atoms with Crippen molar-refractivity contribution >= 4 is 52.1 Å². The van der Waals surface area contributed by atoms with E-state index in [9.17, 15) is 14.4 Å². The second kappa shape index (κ2) is 6.41. The van der Waals surface area contributed by atoms with E-state index in [4.69, 9.17) is 11.6 Å². The summed E-state index contributed by atoms with van der Waals surface area (Å²) in [5.41, 5.74) is 1.76. The largest absolute Gasteiger partial charge is 0.350 e. The maximum atomic E-state index is 13.0. The minimum Gasteiger partial charge on any atom is -0.350 e. The summed E-state index contributed by atoms with van der Waals surface area (Å²) in [6, 6.07) is 13.3. The standard InChI is InChI=1S/C20H14ClN3O3/c1-23-11-12(13-6-2-4-8-16(13)23)10-14-18(25)22-20(27)24(19(14)26)17-9-5-3-7-15(17)21/h2-11H,1H3,(H,22,25,27)/b14-10+. The molecule has 27 heavy (non-hydrogen) atoms. The first-order chi connectivity index (χ1) is 13.0. The zero-order chi connectivity index (χ0) is 19.1. The molecule has 0 saturated carbocycles. The molecule has 6 nitrogen and oxygen atoms in total. The van der Waals surface area contributed by atoms with Crippen LogP contribution < -0.4 is 10.2 Å². The Morgan fingerprint density at radius 3 is 2.48 bits per heavy atom. The van der Waals surface area contributed by atoms with Crippen molar-refractivity contribution in [2.75, 3.05) is 4.90 Å². The second-order valence-corrected chi connectivity index (χ2v) is 6.53. The van der Waals surface area contributed by atoms with Gasteiger partial charge in [-0.05, 0) is 24.3 Å². The lowest BCUT2D eigenvalue weighted by molar-refractivity contribution is -0.122. The molecule has 0 radical (unpaired) electrons. The summed E-state index contributed by atoms with van der Waals surface area (Å²) in [6.45, 7) is 0. The van der Waals surface area contributed by atoms with Crippen LogP contribution in [0.1, 0.15) is 5.56 Å². The predicted octanol–water partition coefficient (Wildman–Crippen LogP) is 3.50. The maximum Gasteiger partial charge on any atom is 0.335 e. The van der Waals surface area contributed by atoms with Crippen LogP contribution >= 0.6 is 11.6 Å². The molecule has 0 spiro atoms. The number of barbiturate groups is 1. The second-order valence-electron chi connectivity index (χ2n) is 6.12. The van der Waals surface area contributed by atoms with Gasteiger partial charge in [-0.25, -0.2) is 9.69 Å². The van der Waals surface area contributed by atoms with Crippen molar-refractivity contribution in [1.82, 2.24) is 9.88 Å². The molecule has 3 aromatic rings. The third-order valence-electron chi connectivity index (χ3n) is 4.42. The van der Waals surface area contributed by atoms with Crippen molar-refractivity contribution in [3.8, 4) is 0 Å². The van der Waals surface area contributed by atoms with Crippen molar-refractivity contribution in [2.45, 2.75) is 0 Å². The van der Waals surface area contributed by atoms with Crippen LogP contribution in [0.3, 0.4) is 0 Å². The highest BCUT2D eigenvalue weighted by molar-refractivity contribution is 6.42. The Morgan fingerprint density at radius 1 is 1.00 bits per heavy atom. The Balaban J connectivity index is 1.83. The fraction of sp³-hybridized carbons (Fsp3) is 0.0500. The van der Waals surface area contributed by atoms with Gasteiger partial charge in [-0.1, -0.05) is 41.9 Å². The number of amides is 4. The lowest BCUT2D eigenvalue weighted by atomic mass is 10.1. The van der Waals surface area contributed by atoms with Crippen molar-refractivity contribution in [1.29, 1.82) is 0 Å². The highest BCUT2D eigenvalue weighted by atomic mass is 35.5. The molecular formula is C20H14ClN3O3. The quantitative estimate of drug-likeness (QED) is 0.547. The summed E-state index contributed by atoms with van der Waals surface area (Å²) in [5.74, 6) is -1.45. The topological polar surface area (TPSA) is 71.4 Å². The van der Waals surface area contributed by atoms with Gasteiger partial charge in [-0.15, -0.1) is 0 Å². The van der Waals surface area contributed by atoms with Gasteiger partial charge in [0.15, 0.2) is 0 Å². The number of aromatic nitrogens is 1. The van der Waals surface area contributed by atoms with E-state index in [1.54, 1.807) is 24.3 Å². The summed E-state index contributed by atoms with van der Waals surface area (Å²) < 4.78 is 1.91. The summed E-state index contributed by atoms with van der Waals surface area (Å²) >= 11 is 6.13. The normalized spacial score (nSPS) is 16.3. The lowest BCUT2D eigenvalue weighted by Crippen LogP contribution is -2.54. The Bertz CT molecular complexity index is 1150. The van der Waals surface area contributed by atoms with Gasteiger partial charge in [-0.2, -0.15) is 0 Å². The summed E-state index contributed by atoms with van der Waals surface area (Å²) in [4.78, 5) is 38.4. The van der Waals surface area contributed by atoms with E-state index < -0.39 is 17.8 Å². The number of imide groups is 2. The van der Waals surface area contributed by atoms with E-state index in [0.717, 1.165) is 15.8 Å². The van der Waals surface area contributed by atoms with Crippen LogP contribution in [0.25, 0.3) is 17.0 Å². The summed E-state index contributed by atoms with van der Waals surface area (Å²) in [5, 5.41) is 3.34. The number of aryl methyl sites for hydroxylation is 1. The van der Waals surface area contributed by atoms with Gasteiger partial charge in [0.2, 0.25) is 0 Å². The van der Waals surface area contributed by atoms with Crippen LogP contribution in [0, 0.1) is 0 Å². The van der Waals surface area contributed by atoms with Crippen LogP contribution in [0.15, 0.2) is 60.3 Å². The number of para-hydroxylation sites is 2. The zero-order valence-corrected chi connectivity index (χ0v) is 15.0. The highest BCUT2D eigenvalue weighted by Gasteiger charge is 2.37. The van der Waals surface area contributed by atoms with Gasteiger partial charge in [-0.3, -0.25) is 14.9 Å². The average molecular weight is 380 g/mol. The minimum atomic E-state index is -0.826. The van der Waals surface area contributed by atoms with Crippen molar-refractivity contribution in [3.05, 3.63) is 70.9 Å². The Labute approximate surface area is 159 Å². The fourth-order valence-electron chi connectivity index (χ4n) is 3.15. The molecule has 4 amide bonds. The van der Waals surface area contributed by atoms with Gasteiger partial charge >= 0.3 is 6.03 Å². The first kappa shape index (κ1) is 17.1. The number of rotatable bonds is 2. The minimum absolute atomic E-state index is 0.133. The lowest BCUT2D eigenvalue weighted by Gasteiger charge is -2.26. The molecule has 0 bridgehead atoms. The Hall–Kier alpha value is -3.38. The number of nitrogens with one attached hydrogen (secondary N) is 1. The van der Waals surface area contributed by atoms with Crippen molar-refractivity contribution < 1.29 is 14.4 Å². The van der Waals surface area contributed by atoms with E-state index in [2.05, 4.69) is 5.32 Å². The van der Waals surface area contributed by atoms with E-state index >= 15 is 0 Å². The Morgan fingerprint density at radius 2 is 1.70 bits per heavy atom. The van der Waals surface area contributed by atoms with Crippen LogP contribution in [-0.4, -0.2) is 22.4 Å². The first-order valence-electron chi connectivity index (χ1n) is 8.17. The molecule has 1 saturated heterocycles. The number of halogens is 1. The molecule has 0 atom stereocenters. The molecule has 2 heterocycles. The van der Waals surface area contributed by atoms with Crippen molar-refractivity contribution in [3.63, 3.8) is 0 Å². The van der Waals surface area contributed by atoms with Crippen LogP contribution in [0.2, 0.25) is 5.02 Å². The summed E-state index contributed by atoms with van der Waals surface area (Å²) in [7, 11) is 1.88. The van der Waals surface area contributed by atoms with E-state index in [0.29, 0.717) is 5.56 Å². The van der Waals surface area contributed by atoms with Crippen LogP contribution in [0.4, 0.5) is 10.5 Å². The van der Waals surface area contributed by atoms with Crippen LogP contribution in [-0.2, 0) is 16.6 Å². The molecule has 4 rings (SSSR count). The molecule has 1 N–H and O–H groups in total. The predicted molar refractivity (Wildman–Crippen MR) is 103 cm³/mol. The molecular weight excluding hydrogens is 366 g/mol. The zero-order valence-electron chi connectivity index (χ0n) is 14.3. The number of hydrogen-bond donors (Lipinski definition) is 1. The molecule has 7 heteroatoms. The SMILES string of the molecule is Cn1cc(/C=C2\C(=O)NC(=O)N(c3ccccc3Cl)C2=O)c2ccccc21. The number of nitrogens with zero attached hydrogens (tertiary/aromatic N) is 2. The maximum absolute atomic E-state index is 13.0. The van der Waals surface area contributed by atoms with Gasteiger partial charge in [0.25, 0.3) is 11.8 Å². The molecule has 1 aliphatic heterocycles. The number of benzene rings is 2. The van der Waals surface area contributed by atoms with Gasteiger partial charge in [0, 0.05) is 29.7 Å². The van der Waals surface area contributed by atoms with Gasteiger partial charge in [0.1, 0.15) is 5.57 Å². The average Bonchev–Trinajstić information content (AvgIpc) is 2.96. The number of carbonyl (C=O) groups is 3. The van der Waals surface area contributed by atoms with E-state index in [-0.39, 0.29) is 16.3 Å². The fourth-order valence-corrected chi connectivity index (χ4v) is 3.37. The molecule has 0 unspecified atom stereocenters. The molecule has 134 valence electrons. The summed E-state index contributed by atoms with van der Waals surface area (Å²) in [6.07, 6.45) is 3.32. The molecule has 1 aliphatic rings. The number of carbonyl (C=O) groups excluding carboxylic acids is 3. The van der Waals surface area contributed by atoms with Gasteiger partial charge < -0.3 is 4.57 Å². The van der Waals surface area contributed by atoms with E-state index in [1.165, 1.54) is 6.08 Å². The molecule has 2 aromatic carbocycles. The number of hydrogen-bond acceptors (Lipinski definition) is 3. The first-order valence-corrected chi connectivity index (χ1v) is 8.55. The molecule has 0 aliphatic carbocycles. The number of fused-ring (bicyclic) bond motifs is 1. The van der Waals surface area contributed by atoms with Crippen LogP contribution in [0.5, 0.6) is 0 Å². The third-order valence-corrected chi connectivity index (χ3v) is 4.74. The molecule has 1 fully saturated rings. The molecule has 1 aromatic heterocycles. The monoisotopic (exact) mass is 379 g/mol. The smallest absolute Gasteiger partial charge is 0.335 e. The Kier molecular flexibility index (Phi) is 4.05. The third kappa shape index (κ3) is 2.80. The van der Waals surface area contributed by atoms with Crippen molar-refractivity contribution in [2.24, 2.45) is 7.05 Å². The number of urea groups is 1. The van der Waals surface area contributed by atoms with E-state index in [1.807, 2.05) is 42.1 Å². The number of anilines is 1.